The van der Waals surface area contributed by atoms with Gasteiger partial charge in [-0.25, -0.2) is 0 Å². The highest BCUT2D eigenvalue weighted by molar-refractivity contribution is 5.77. The van der Waals surface area contributed by atoms with Crippen LogP contribution in [0, 0.1) is 0 Å². The summed E-state index contributed by atoms with van der Waals surface area (Å²) in [5.74, 6) is -3.61. The minimum atomic E-state index is -1.12. The summed E-state index contributed by atoms with van der Waals surface area (Å²) < 4.78 is 14.6. The van der Waals surface area contributed by atoms with Crippen molar-refractivity contribution >= 4 is 23.9 Å². The number of ether oxygens (including phenoxy) is 3. The smallest absolute Gasteiger partial charge is 0.311 e. The molecule has 0 saturated heterocycles. The van der Waals surface area contributed by atoms with E-state index in [4.69, 9.17) is 24.4 Å². The maximum absolute atomic E-state index is 11.3. The van der Waals surface area contributed by atoms with Gasteiger partial charge in [0.15, 0.2) is 0 Å². The molecule has 1 unspecified atom stereocenters. The summed E-state index contributed by atoms with van der Waals surface area (Å²) >= 11 is 0. The standard InChI is InChI=1S/C12H14O9/c13-8(14)1-3-10(17)20-7-5-12(19-6-7)21-11(18)4-2-9(15)16/h5,12H,1-4,6H2,(H,13,14)(H,15,16). The molecule has 1 atom stereocenters. The van der Waals surface area contributed by atoms with Crippen molar-refractivity contribution in [2.45, 2.75) is 32.0 Å². The Morgan fingerprint density at radius 3 is 2.19 bits per heavy atom. The molecule has 1 aliphatic rings. The van der Waals surface area contributed by atoms with Crippen LogP contribution in [0.5, 0.6) is 0 Å². The average Bonchev–Trinajstić information content (AvgIpc) is 2.81. The molecule has 0 bridgehead atoms. The van der Waals surface area contributed by atoms with Crippen LogP contribution >= 0.6 is 0 Å². The normalized spacial score (nSPS) is 17.0. The fraction of sp³-hybridized carbons (Fsp3) is 0.500. The predicted molar refractivity (Wildman–Crippen MR) is 63.7 cm³/mol. The van der Waals surface area contributed by atoms with Crippen LogP contribution in [-0.2, 0) is 33.4 Å². The number of carboxylic acids is 2. The number of hydrogen-bond donors (Lipinski definition) is 2. The van der Waals surface area contributed by atoms with Gasteiger partial charge in [0.05, 0.1) is 25.7 Å². The van der Waals surface area contributed by atoms with Crippen molar-refractivity contribution in [3.8, 4) is 0 Å². The second-order valence-electron chi connectivity index (χ2n) is 4.06. The fourth-order valence-electron chi connectivity index (χ4n) is 1.35. The van der Waals surface area contributed by atoms with Crippen LogP contribution in [0.3, 0.4) is 0 Å². The number of esters is 2. The highest BCUT2D eigenvalue weighted by Crippen LogP contribution is 2.16. The van der Waals surface area contributed by atoms with Crippen molar-refractivity contribution in [3.63, 3.8) is 0 Å². The average molecular weight is 302 g/mol. The van der Waals surface area contributed by atoms with E-state index in [1.165, 1.54) is 6.08 Å². The molecule has 0 aliphatic carbocycles. The molecule has 0 spiro atoms. The second kappa shape index (κ2) is 8.00. The van der Waals surface area contributed by atoms with E-state index in [-0.39, 0.29) is 38.0 Å². The summed E-state index contributed by atoms with van der Waals surface area (Å²) in [7, 11) is 0. The summed E-state index contributed by atoms with van der Waals surface area (Å²) in [6, 6.07) is 0. The first-order valence-electron chi connectivity index (χ1n) is 6.03. The van der Waals surface area contributed by atoms with Gasteiger partial charge >= 0.3 is 23.9 Å². The molecule has 116 valence electrons. The van der Waals surface area contributed by atoms with Gasteiger partial charge in [-0.1, -0.05) is 0 Å². The largest absolute Gasteiger partial charge is 0.481 e. The van der Waals surface area contributed by atoms with E-state index in [2.05, 4.69) is 0 Å². The molecule has 9 heteroatoms. The number of rotatable bonds is 8. The van der Waals surface area contributed by atoms with E-state index in [1.807, 2.05) is 0 Å². The minimum Gasteiger partial charge on any atom is -0.481 e. The minimum absolute atomic E-state index is 0.101. The third kappa shape index (κ3) is 7.06. The third-order valence-corrected chi connectivity index (χ3v) is 2.29. The molecule has 2 N–H and O–H groups in total. The Bertz CT molecular complexity index is 465. The highest BCUT2D eigenvalue weighted by Gasteiger charge is 2.23. The number of hydrogen-bond acceptors (Lipinski definition) is 7. The Labute approximate surface area is 119 Å². The first-order valence-corrected chi connectivity index (χ1v) is 6.03. The maximum Gasteiger partial charge on any atom is 0.311 e. The summed E-state index contributed by atoms with van der Waals surface area (Å²) in [5, 5.41) is 16.8. The summed E-state index contributed by atoms with van der Waals surface area (Å²) in [6.45, 7) is -0.101. The van der Waals surface area contributed by atoms with Gasteiger partial charge in [-0.05, 0) is 0 Å². The van der Waals surface area contributed by atoms with E-state index < -0.39 is 30.2 Å². The molecule has 1 aliphatic heterocycles. The predicted octanol–water partition coefficient (Wildman–Crippen LogP) is 0.0426. The zero-order chi connectivity index (χ0) is 15.8. The zero-order valence-corrected chi connectivity index (χ0v) is 10.9. The molecule has 1 heterocycles. The molecule has 0 aromatic heterocycles. The lowest BCUT2D eigenvalue weighted by molar-refractivity contribution is -0.166. The SMILES string of the molecule is O=C(O)CCC(=O)OC1=CC(OC(=O)CCC(=O)O)OC1. The van der Waals surface area contributed by atoms with Gasteiger partial charge < -0.3 is 24.4 Å². The number of carbonyl (C=O) groups excluding carboxylic acids is 2. The monoisotopic (exact) mass is 302 g/mol. The summed E-state index contributed by atoms with van der Waals surface area (Å²) in [4.78, 5) is 43.0. The lowest BCUT2D eigenvalue weighted by Crippen LogP contribution is -2.16. The van der Waals surface area contributed by atoms with Crippen LogP contribution < -0.4 is 0 Å². The molecule has 0 radical (unpaired) electrons. The molecule has 0 amide bonds. The molecule has 0 aromatic carbocycles. The van der Waals surface area contributed by atoms with Crippen LogP contribution in [0.2, 0.25) is 0 Å². The Morgan fingerprint density at radius 1 is 1.05 bits per heavy atom. The molecule has 1 rings (SSSR count). The van der Waals surface area contributed by atoms with E-state index in [0.29, 0.717) is 0 Å². The van der Waals surface area contributed by atoms with Crippen LogP contribution in [0.15, 0.2) is 11.8 Å². The van der Waals surface area contributed by atoms with E-state index >= 15 is 0 Å². The summed E-state index contributed by atoms with van der Waals surface area (Å²) in [6.07, 6.45) is -1.08. The first-order chi connectivity index (χ1) is 9.86. The van der Waals surface area contributed by atoms with Gasteiger partial charge in [0, 0.05) is 6.08 Å². The number of carboxylic acid groups (broad SMARTS) is 2. The Kier molecular flexibility index (Phi) is 6.34. The quantitative estimate of drug-likeness (QED) is 0.595. The molecule has 0 fully saturated rings. The van der Waals surface area contributed by atoms with Gasteiger partial charge in [0.25, 0.3) is 0 Å². The fourth-order valence-corrected chi connectivity index (χ4v) is 1.35. The Balaban J connectivity index is 2.33. The third-order valence-electron chi connectivity index (χ3n) is 2.29. The van der Waals surface area contributed by atoms with Crippen molar-refractivity contribution in [1.29, 1.82) is 0 Å². The number of carbonyl (C=O) groups is 4. The van der Waals surface area contributed by atoms with E-state index in [1.54, 1.807) is 0 Å². The first kappa shape index (κ1) is 16.6. The van der Waals surface area contributed by atoms with Gasteiger partial charge in [-0.3, -0.25) is 19.2 Å². The van der Waals surface area contributed by atoms with Gasteiger partial charge in [0.1, 0.15) is 12.4 Å². The summed E-state index contributed by atoms with van der Waals surface area (Å²) in [5.41, 5.74) is 0. The molecule has 0 aromatic rings. The van der Waals surface area contributed by atoms with Crippen LogP contribution in [0.25, 0.3) is 0 Å². The molecule has 0 saturated carbocycles. The van der Waals surface area contributed by atoms with Crippen molar-refractivity contribution in [2.75, 3.05) is 6.61 Å². The lowest BCUT2D eigenvalue weighted by atomic mass is 10.3. The van der Waals surface area contributed by atoms with Gasteiger partial charge in [-0.15, -0.1) is 0 Å². The van der Waals surface area contributed by atoms with E-state index in [9.17, 15) is 19.2 Å². The van der Waals surface area contributed by atoms with Gasteiger partial charge in [0.2, 0.25) is 6.29 Å². The Morgan fingerprint density at radius 2 is 1.62 bits per heavy atom. The molecule has 21 heavy (non-hydrogen) atoms. The van der Waals surface area contributed by atoms with Crippen LogP contribution in [0.4, 0.5) is 0 Å². The van der Waals surface area contributed by atoms with Crippen LogP contribution in [-0.4, -0.2) is 47.0 Å². The molecular weight excluding hydrogens is 288 g/mol. The van der Waals surface area contributed by atoms with Crippen molar-refractivity contribution < 1.29 is 43.6 Å². The van der Waals surface area contributed by atoms with Crippen molar-refractivity contribution in [1.82, 2.24) is 0 Å². The second-order valence-corrected chi connectivity index (χ2v) is 4.06. The Hall–Kier alpha value is -2.42. The maximum atomic E-state index is 11.3. The topological polar surface area (TPSA) is 136 Å². The van der Waals surface area contributed by atoms with E-state index in [0.717, 1.165) is 0 Å². The van der Waals surface area contributed by atoms with Crippen LogP contribution in [0.1, 0.15) is 25.7 Å². The highest BCUT2D eigenvalue weighted by atomic mass is 16.7. The number of aliphatic carboxylic acids is 2. The van der Waals surface area contributed by atoms with Crippen molar-refractivity contribution in [3.05, 3.63) is 11.8 Å². The molecular formula is C12H14O9. The lowest BCUT2D eigenvalue weighted by Gasteiger charge is -2.08. The molecule has 9 nitrogen and oxygen atoms in total. The van der Waals surface area contributed by atoms with Crippen molar-refractivity contribution in [2.24, 2.45) is 0 Å². The van der Waals surface area contributed by atoms with Gasteiger partial charge in [-0.2, -0.15) is 0 Å². The zero-order valence-electron chi connectivity index (χ0n) is 10.9.